The monoisotopic (exact) mass is 695 g/mol. The summed E-state index contributed by atoms with van der Waals surface area (Å²) in [6.45, 7) is 5.52. The number of carbonyl (C=O) groups excluding carboxylic acids is 2. The zero-order chi connectivity index (χ0) is 34.0. The highest BCUT2D eigenvalue weighted by atomic mass is 35.5. The molecule has 2 amide bonds. The standard InChI is InChI=1S/C36H39Cl2N3O5S/c1-4-26(3)39-36(43)34(23-27-11-7-6-8-12-27)40(24-28-13-9-10-14-33(28)38)35(42)25-41(30-17-19-31(20-18-30)46-5-2)47(44,45)32-21-15-29(37)16-22-32/h6-22,26,34H,4-5,23-25H2,1-3H3,(H,39,43)/t26-,34-/m1/s1. The van der Waals surface area contributed by atoms with Gasteiger partial charge in [-0.15, -0.1) is 0 Å². The number of nitrogens with one attached hydrogen (secondary N) is 1. The highest BCUT2D eigenvalue weighted by Crippen LogP contribution is 2.28. The Labute approximate surface area is 287 Å². The van der Waals surface area contributed by atoms with Crippen LogP contribution in [0.3, 0.4) is 0 Å². The lowest BCUT2D eigenvalue weighted by Gasteiger charge is -2.34. The van der Waals surface area contributed by atoms with E-state index in [1.165, 1.54) is 29.2 Å². The number of hydrogen-bond acceptors (Lipinski definition) is 5. The maximum absolute atomic E-state index is 14.6. The lowest BCUT2D eigenvalue weighted by Crippen LogP contribution is -2.54. The molecule has 11 heteroatoms. The molecule has 4 rings (SSSR count). The Morgan fingerprint density at radius 2 is 1.49 bits per heavy atom. The third-order valence-electron chi connectivity index (χ3n) is 7.69. The Hall–Kier alpha value is -4.05. The molecule has 0 saturated carbocycles. The van der Waals surface area contributed by atoms with Gasteiger partial charge in [0, 0.05) is 29.1 Å². The van der Waals surface area contributed by atoms with E-state index in [0.717, 1.165) is 9.87 Å². The molecule has 0 radical (unpaired) electrons. The van der Waals surface area contributed by atoms with Gasteiger partial charge in [-0.25, -0.2) is 8.42 Å². The topological polar surface area (TPSA) is 96.0 Å². The van der Waals surface area contributed by atoms with Crippen molar-refractivity contribution < 1.29 is 22.7 Å². The maximum atomic E-state index is 14.6. The summed E-state index contributed by atoms with van der Waals surface area (Å²) in [4.78, 5) is 29.9. The molecule has 1 N–H and O–H groups in total. The summed E-state index contributed by atoms with van der Waals surface area (Å²) in [7, 11) is -4.27. The molecule has 2 atom stereocenters. The van der Waals surface area contributed by atoms with E-state index in [9.17, 15) is 18.0 Å². The zero-order valence-corrected chi connectivity index (χ0v) is 28.9. The predicted octanol–water partition coefficient (Wildman–Crippen LogP) is 7.14. The minimum atomic E-state index is -4.27. The Bertz CT molecular complexity index is 1740. The Balaban J connectivity index is 1.81. The number of amides is 2. The largest absolute Gasteiger partial charge is 0.494 e. The third-order valence-corrected chi connectivity index (χ3v) is 10.1. The van der Waals surface area contributed by atoms with Crippen LogP contribution in [0.4, 0.5) is 5.69 Å². The number of carbonyl (C=O) groups is 2. The number of anilines is 1. The SMILES string of the molecule is CCOc1ccc(N(CC(=O)N(Cc2ccccc2Cl)[C@H](Cc2ccccc2)C(=O)N[C@H](C)CC)S(=O)(=O)c2ccc(Cl)cc2)cc1. The van der Waals surface area contributed by atoms with Crippen molar-refractivity contribution in [3.8, 4) is 5.75 Å². The molecular formula is C36H39Cl2N3O5S. The first-order valence-corrected chi connectivity index (χ1v) is 17.6. The van der Waals surface area contributed by atoms with Gasteiger partial charge in [-0.05, 0) is 86.0 Å². The molecule has 47 heavy (non-hydrogen) atoms. The summed E-state index contributed by atoms with van der Waals surface area (Å²) >= 11 is 12.6. The van der Waals surface area contributed by atoms with Crippen molar-refractivity contribution in [3.05, 3.63) is 124 Å². The molecular weight excluding hydrogens is 657 g/mol. The van der Waals surface area contributed by atoms with Gasteiger partial charge in [-0.1, -0.05) is 78.7 Å². The first-order chi connectivity index (χ1) is 22.5. The Morgan fingerprint density at radius 1 is 0.851 bits per heavy atom. The fourth-order valence-corrected chi connectivity index (χ4v) is 6.68. The molecule has 0 aliphatic rings. The quantitative estimate of drug-likeness (QED) is 0.143. The summed E-state index contributed by atoms with van der Waals surface area (Å²) in [6, 6.07) is 27.5. The van der Waals surface area contributed by atoms with Gasteiger partial charge in [0.05, 0.1) is 17.2 Å². The molecule has 248 valence electrons. The van der Waals surface area contributed by atoms with Gasteiger partial charge in [0.15, 0.2) is 0 Å². The molecule has 0 spiro atoms. The van der Waals surface area contributed by atoms with E-state index in [1.54, 1.807) is 48.5 Å². The molecule has 0 bridgehead atoms. The first kappa shape index (κ1) is 35.8. The second-order valence-electron chi connectivity index (χ2n) is 11.0. The van der Waals surface area contributed by atoms with Gasteiger partial charge in [-0.3, -0.25) is 13.9 Å². The number of sulfonamides is 1. The fraction of sp³-hybridized carbons (Fsp3) is 0.278. The molecule has 0 saturated heterocycles. The smallest absolute Gasteiger partial charge is 0.264 e. The molecule has 0 aliphatic carbocycles. The van der Waals surface area contributed by atoms with E-state index in [1.807, 2.05) is 51.1 Å². The van der Waals surface area contributed by atoms with E-state index < -0.39 is 28.5 Å². The summed E-state index contributed by atoms with van der Waals surface area (Å²) in [6.07, 6.45) is 0.888. The number of halogens is 2. The number of hydrogen-bond donors (Lipinski definition) is 1. The molecule has 0 aliphatic heterocycles. The van der Waals surface area contributed by atoms with Gasteiger partial charge < -0.3 is 15.0 Å². The van der Waals surface area contributed by atoms with Crippen molar-refractivity contribution in [2.75, 3.05) is 17.5 Å². The van der Waals surface area contributed by atoms with Crippen molar-refractivity contribution in [2.24, 2.45) is 0 Å². The van der Waals surface area contributed by atoms with Crippen molar-refractivity contribution in [1.29, 1.82) is 0 Å². The molecule has 0 aromatic heterocycles. The summed E-state index contributed by atoms with van der Waals surface area (Å²) in [5, 5.41) is 3.82. The van der Waals surface area contributed by atoms with Crippen LogP contribution in [0.1, 0.15) is 38.3 Å². The van der Waals surface area contributed by atoms with Crippen molar-refractivity contribution >= 4 is 50.7 Å². The van der Waals surface area contributed by atoms with Crippen molar-refractivity contribution in [2.45, 2.75) is 57.1 Å². The van der Waals surface area contributed by atoms with Gasteiger partial charge in [0.25, 0.3) is 10.0 Å². The van der Waals surface area contributed by atoms with Crippen LogP contribution in [0.15, 0.2) is 108 Å². The summed E-state index contributed by atoms with van der Waals surface area (Å²) in [5.74, 6) is -0.384. The number of nitrogens with zero attached hydrogens (tertiary/aromatic N) is 2. The molecule has 4 aromatic carbocycles. The van der Waals surface area contributed by atoms with Gasteiger partial charge in [-0.2, -0.15) is 0 Å². The third kappa shape index (κ3) is 9.50. The fourth-order valence-electron chi connectivity index (χ4n) is 4.94. The second-order valence-corrected chi connectivity index (χ2v) is 13.7. The van der Waals surface area contributed by atoms with Crippen molar-refractivity contribution in [1.82, 2.24) is 10.2 Å². The Morgan fingerprint density at radius 3 is 2.11 bits per heavy atom. The summed E-state index contributed by atoms with van der Waals surface area (Å²) in [5.41, 5.74) is 1.70. The van der Waals surface area contributed by atoms with Gasteiger partial charge >= 0.3 is 0 Å². The van der Waals surface area contributed by atoms with E-state index >= 15 is 0 Å². The lowest BCUT2D eigenvalue weighted by atomic mass is 10.0. The average Bonchev–Trinajstić information content (AvgIpc) is 3.07. The molecule has 8 nitrogen and oxygen atoms in total. The van der Waals surface area contributed by atoms with Crippen LogP contribution in [0.2, 0.25) is 10.0 Å². The number of ether oxygens (including phenoxy) is 1. The van der Waals surface area contributed by atoms with Crippen LogP contribution in [0, 0.1) is 0 Å². The lowest BCUT2D eigenvalue weighted by molar-refractivity contribution is -0.140. The zero-order valence-electron chi connectivity index (χ0n) is 26.6. The predicted molar refractivity (Wildman–Crippen MR) is 187 cm³/mol. The van der Waals surface area contributed by atoms with Gasteiger partial charge in [0.1, 0.15) is 18.3 Å². The van der Waals surface area contributed by atoms with Gasteiger partial charge in [0.2, 0.25) is 11.8 Å². The molecule has 4 aromatic rings. The van der Waals surface area contributed by atoms with Crippen molar-refractivity contribution in [3.63, 3.8) is 0 Å². The van der Waals surface area contributed by atoms with E-state index in [4.69, 9.17) is 27.9 Å². The molecule has 0 unspecified atom stereocenters. The van der Waals surface area contributed by atoms with E-state index in [-0.39, 0.29) is 35.5 Å². The second kappa shape index (κ2) is 16.7. The normalized spacial score (nSPS) is 12.5. The maximum Gasteiger partial charge on any atom is 0.264 e. The number of rotatable bonds is 15. The van der Waals surface area contributed by atoms with Crippen LogP contribution in [-0.4, -0.2) is 50.4 Å². The Kier molecular flexibility index (Phi) is 12.7. The van der Waals surface area contributed by atoms with Crippen LogP contribution in [0.25, 0.3) is 0 Å². The van der Waals surface area contributed by atoms with E-state index in [2.05, 4.69) is 5.32 Å². The van der Waals surface area contributed by atoms with Crippen LogP contribution in [0.5, 0.6) is 5.75 Å². The van der Waals surface area contributed by atoms with Crippen LogP contribution in [-0.2, 0) is 32.6 Å². The van der Waals surface area contributed by atoms with Crippen LogP contribution < -0.4 is 14.4 Å². The number of benzene rings is 4. The first-order valence-electron chi connectivity index (χ1n) is 15.4. The average molecular weight is 697 g/mol. The minimum absolute atomic E-state index is 0.0258. The highest BCUT2D eigenvalue weighted by Gasteiger charge is 2.35. The molecule has 0 fully saturated rings. The highest BCUT2D eigenvalue weighted by molar-refractivity contribution is 7.92. The van der Waals surface area contributed by atoms with Crippen LogP contribution >= 0.6 is 23.2 Å². The summed E-state index contributed by atoms with van der Waals surface area (Å²) < 4.78 is 35.0. The molecule has 0 heterocycles. The minimum Gasteiger partial charge on any atom is -0.494 e. The van der Waals surface area contributed by atoms with E-state index in [0.29, 0.717) is 34.4 Å².